The number of rotatable bonds is 5. The number of hydrogen-bond donors (Lipinski definition) is 2. The Balaban J connectivity index is 1.22. The molecule has 0 atom stereocenters. The molecular formula is C21H27N3O2. The molecular weight excluding hydrogens is 326 g/mol. The number of benzene rings is 1. The Labute approximate surface area is 154 Å². The molecule has 0 unspecified atom stereocenters. The van der Waals surface area contributed by atoms with E-state index in [-0.39, 0.29) is 17.7 Å². The number of amides is 2. The Morgan fingerprint density at radius 2 is 1.85 bits per heavy atom. The van der Waals surface area contributed by atoms with Gasteiger partial charge in [-0.05, 0) is 43.7 Å². The number of fused-ring (bicyclic) bond motifs is 1. The second-order valence-corrected chi connectivity index (χ2v) is 7.63. The van der Waals surface area contributed by atoms with Crippen molar-refractivity contribution in [2.45, 2.75) is 38.5 Å². The van der Waals surface area contributed by atoms with Gasteiger partial charge in [-0.2, -0.15) is 0 Å². The maximum absolute atomic E-state index is 12.4. The van der Waals surface area contributed by atoms with Crippen molar-refractivity contribution in [3.05, 3.63) is 36.0 Å². The van der Waals surface area contributed by atoms with E-state index in [9.17, 15) is 9.59 Å². The molecule has 2 fully saturated rings. The summed E-state index contributed by atoms with van der Waals surface area (Å²) in [4.78, 5) is 30.0. The number of H-pyrrole nitrogens is 1. The molecule has 2 aromatic rings. The summed E-state index contributed by atoms with van der Waals surface area (Å²) in [7, 11) is 0. The number of hydrogen-bond acceptors (Lipinski definition) is 2. The normalized spacial score (nSPS) is 18.7. The molecule has 138 valence electrons. The number of carbonyl (C=O) groups is 2. The summed E-state index contributed by atoms with van der Waals surface area (Å²) >= 11 is 0. The molecule has 5 nitrogen and oxygen atoms in total. The Morgan fingerprint density at radius 3 is 2.58 bits per heavy atom. The Morgan fingerprint density at radius 1 is 1.08 bits per heavy atom. The third kappa shape index (κ3) is 3.48. The van der Waals surface area contributed by atoms with Crippen molar-refractivity contribution in [1.82, 2.24) is 15.2 Å². The van der Waals surface area contributed by atoms with Crippen molar-refractivity contribution in [3.63, 3.8) is 0 Å². The number of aromatic amines is 1. The fraction of sp³-hybridized carbons (Fsp3) is 0.524. The smallest absolute Gasteiger partial charge is 0.225 e. The van der Waals surface area contributed by atoms with Crippen LogP contribution in [0.5, 0.6) is 0 Å². The van der Waals surface area contributed by atoms with Crippen LogP contribution in [0, 0.1) is 11.8 Å². The highest BCUT2D eigenvalue weighted by Gasteiger charge is 2.33. The summed E-state index contributed by atoms with van der Waals surface area (Å²) in [6.45, 7) is 2.12. The predicted molar refractivity (Wildman–Crippen MR) is 102 cm³/mol. The number of nitrogens with zero attached hydrogens (tertiary/aromatic N) is 1. The number of carbonyl (C=O) groups excluding carboxylic acids is 2. The minimum absolute atomic E-state index is 0.0448. The van der Waals surface area contributed by atoms with Gasteiger partial charge < -0.3 is 15.2 Å². The van der Waals surface area contributed by atoms with E-state index in [2.05, 4.69) is 22.4 Å². The second kappa shape index (κ2) is 7.52. The molecule has 0 bridgehead atoms. The number of piperidine rings is 1. The standard InChI is InChI=1S/C21H27N3O2/c25-20(15-9-12-24(13-10-15)21(26)16-4-3-5-16)22-11-8-17-14-23-19-7-2-1-6-18(17)19/h1-2,6-7,14-16,23H,3-5,8-13H2,(H,22,25). The van der Waals surface area contributed by atoms with Crippen molar-refractivity contribution in [2.24, 2.45) is 11.8 Å². The van der Waals surface area contributed by atoms with E-state index in [1.54, 1.807) is 0 Å². The molecule has 1 aromatic heterocycles. The van der Waals surface area contributed by atoms with Gasteiger partial charge in [-0.15, -0.1) is 0 Å². The molecule has 5 heteroatoms. The predicted octanol–water partition coefficient (Wildman–Crippen LogP) is 2.87. The summed E-state index contributed by atoms with van der Waals surface area (Å²) in [6, 6.07) is 8.23. The molecule has 0 radical (unpaired) electrons. The summed E-state index contributed by atoms with van der Waals surface area (Å²) < 4.78 is 0. The van der Waals surface area contributed by atoms with Crippen LogP contribution in [0.15, 0.2) is 30.5 Å². The Hall–Kier alpha value is -2.30. The quantitative estimate of drug-likeness (QED) is 0.868. The van der Waals surface area contributed by atoms with Crippen LogP contribution in [-0.4, -0.2) is 41.3 Å². The number of aromatic nitrogens is 1. The molecule has 2 aliphatic rings. The van der Waals surface area contributed by atoms with Crippen molar-refractivity contribution in [3.8, 4) is 0 Å². The average molecular weight is 353 g/mol. The van der Waals surface area contributed by atoms with Crippen molar-refractivity contribution in [2.75, 3.05) is 19.6 Å². The molecule has 1 aromatic carbocycles. The van der Waals surface area contributed by atoms with Crippen LogP contribution >= 0.6 is 0 Å². The second-order valence-electron chi connectivity index (χ2n) is 7.63. The zero-order valence-electron chi connectivity index (χ0n) is 15.2. The van der Waals surface area contributed by atoms with Crippen LogP contribution in [0.25, 0.3) is 10.9 Å². The van der Waals surface area contributed by atoms with Gasteiger partial charge in [0.1, 0.15) is 0 Å². The highest BCUT2D eigenvalue weighted by Crippen LogP contribution is 2.30. The molecule has 2 amide bonds. The van der Waals surface area contributed by atoms with Crippen LogP contribution in [0.1, 0.15) is 37.7 Å². The van der Waals surface area contributed by atoms with Crippen LogP contribution < -0.4 is 5.32 Å². The first-order chi connectivity index (χ1) is 12.7. The van der Waals surface area contributed by atoms with Gasteiger partial charge in [0.15, 0.2) is 0 Å². The Kier molecular flexibility index (Phi) is 4.96. The van der Waals surface area contributed by atoms with E-state index in [0.717, 1.165) is 50.7 Å². The minimum atomic E-state index is 0.0448. The molecule has 2 heterocycles. The summed E-state index contributed by atoms with van der Waals surface area (Å²) in [5.74, 6) is 0.759. The van der Waals surface area contributed by atoms with Crippen molar-refractivity contribution >= 4 is 22.7 Å². The lowest BCUT2D eigenvalue weighted by Gasteiger charge is -2.36. The summed E-state index contributed by atoms with van der Waals surface area (Å²) in [6.07, 6.45) is 7.72. The van der Waals surface area contributed by atoms with Gasteiger partial charge in [-0.3, -0.25) is 9.59 Å². The van der Waals surface area contributed by atoms with E-state index in [4.69, 9.17) is 0 Å². The molecule has 1 saturated heterocycles. The number of likely N-dealkylation sites (tertiary alicyclic amines) is 1. The maximum Gasteiger partial charge on any atom is 0.225 e. The third-order valence-corrected chi connectivity index (χ3v) is 6.00. The fourth-order valence-corrected chi connectivity index (χ4v) is 4.08. The van der Waals surface area contributed by atoms with E-state index in [1.165, 1.54) is 17.4 Å². The molecule has 0 spiro atoms. The Bertz CT molecular complexity index is 785. The fourth-order valence-electron chi connectivity index (χ4n) is 4.08. The van der Waals surface area contributed by atoms with Crippen molar-refractivity contribution < 1.29 is 9.59 Å². The number of nitrogens with one attached hydrogen (secondary N) is 2. The number of para-hydroxylation sites is 1. The van der Waals surface area contributed by atoms with Gasteiger partial charge in [0.25, 0.3) is 0 Å². The van der Waals surface area contributed by atoms with Crippen LogP contribution in [0.4, 0.5) is 0 Å². The molecule has 1 saturated carbocycles. The van der Waals surface area contributed by atoms with Crippen LogP contribution in [0.2, 0.25) is 0 Å². The maximum atomic E-state index is 12.4. The van der Waals surface area contributed by atoms with Gasteiger partial charge >= 0.3 is 0 Å². The van der Waals surface area contributed by atoms with E-state index in [0.29, 0.717) is 12.5 Å². The van der Waals surface area contributed by atoms with Gasteiger partial charge in [0.2, 0.25) is 11.8 Å². The van der Waals surface area contributed by atoms with Gasteiger partial charge in [-0.1, -0.05) is 24.6 Å². The van der Waals surface area contributed by atoms with E-state index in [1.807, 2.05) is 23.2 Å². The average Bonchev–Trinajstić information content (AvgIpc) is 3.03. The van der Waals surface area contributed by atoms with Gasteiger partial charge in [0.05, 0.1) is 0 Å². The van der Waals surface area contributed by atoms with Crippen LogP contribution in [-0.2, 0) is 16.0 Å². The topological polar surface area (TPSA) is 65.2 Å². The SMILES string of the molecule is O=C(NCCc1c[nH]c2ccccc12)C1CCN(C(=O)C2CCC2)CC1. The monoisotopic (exact) mass is 353 g/mol. The van der Waals surface area contributed by atoms with E-state index >= 15 is 0 Å². The lowest BCUT2D eigenvalue weighted by molar-refractivity contribution is -0.141. The molecule has 26 heavy (non-hydrogen) atoms. The first-order valence-corrected chi connectivity index (χ1v) is 9.84. The lowest BCUT2D eigenvalue weighted by atomic mass is 9.83. The highest BCUT2D eigenvalue weighted by atomic mass is 16.2. The molecule has 1 aliphatic heterocycles. The molecule has 4 rings (SSSR count). The summed E-state index contributed by atoms with van der Waals surface area (Å²) in [5, 5.41) is 4.31. The zero-order valence-corrected chi connectivity index (χ0v) is 15.2. The molecule has 1 aliphatic carbocycles. The zero-order chi connectivity index (χ0) is 17.9. The first-order valence-electron chi connectivity index (χ1n) is 9.84. The largest absolute Gasteiger partial charge is 0.361 e. The van der Waals surface area contributed by atoms with Gasteiger partial charge in [-0.25, -0.2) is 0 Å². The van der Waals surface area contributed by atoms with E-state index < -0.39 is 0 Å². The minimum Gasteiger partial charge on any atom is -0.361 e. The van der Waals surface area contributed by atoms with Gasteiger partial charge in [0, 0.05) is 48.6 Å². The third-order valence-electron chi connectivity index (χ3n) is 6.00. The van der Waals surface area contributed by atoms with Crippen LogP contribution in [0.3, 0.4) is 0 Å². The highest BCUT2D eigenvalue weighted by molar-refractivity contribution is 5.83. The van der Waals surface area contributed by atoms with Crippen molar-refractivity contribution in [1.29, 1.82) is 0 Å². The first kappa shape index (κ1) is 17.1. The summed E-state index contributed by atoms with van der Waals surface area (Å²) in [5.41, 5.74) is 2.37. The molecule has 2 N–H and O–H groups in total. The lowest BCUT2D eigenvalue weighted by Crippen LogP contribution is -2.46.